The van der Waals surface area contributed by atoms with E-state index in [1.54, 1.807) is 6.20 Å². The summed E-state index contributed by atoms with van der Waals surface area (Å²) in [5, 5.41) is 7.44. The average Bonchev–Trinajstić information content (AvgIpc) is 3.23. The Bertz CT molecular complexity index is 763. The van der Waals surface area contributed by atoms with Crippen molar-refractivity contribution in [2.45, 2.75) is 50.7 Å². The van der Waals surface area contributed by atoms with Gasteiger partial charge in [-0.25, -0.2) is 9.48 Å². The Kier molecular flexibility index (Phi) is 5.16. The molecular formula is C21H28N4O2. The smallest absolute Gasteiger partial charge is 0.318 e. The molecule has 1 aromatic carbocycles. The molecule has 1 saturated carbocycles. The third-order valence-corrected chi connectivity index (χ3v) is 5.78. The van der Waals surface area contributed by atoms with Crippen LogP contribution in [0.5, 0.6) is 0 Å². The predicted molar refractivity (Wildman–Crippen MR) is 104 cm³/mol. The fourth-order valence-electron chi connectivity index (χ4n) is 4.23. The van der Waals surface area contributed by atoms with E-state index >= 15 is 0 Å². The van der Waals surface area contributed by atoms with Crippen molar-refractivity contribution in [1.82, 2.24) is 20.0 Å². The van der Waals surface area contributed by atoms with Gasteiger partial charge < -0.3 is 15.0 Å². The van der Waals surface area contributed by atoms with Crippen LogP contribution in [0.25, 0.3) is 5.69 Å². The van der Waals surface area contributed by atoms with Gasteiger partial charge >= 0.3 is 6.03 Å². The summed E-state index contributed by atoms with van der Waals surface area (Å²) in [7, 11) is 0. The molecule has 6 heteroatoms. The van der Waals surface area contributed by atoms with Crippen LogP contribution in [0.15, 0.2) is 42.7 Å². The number of hydrogen-bond donors (Lipinski definition) is 1. The summed E-state index contributed by atoms with van der Waals surface area (Å²) in [5.74, 6) is 0. The third kappa shape index (κ3) is 4.00. The van der Waals surface area contributed by atoms with Gasteiger partial charge in [-0.1, -0.05) is 31.4 Å². The Morgan fingerprint density at radius 2 is 2.11 bits per heavy atom. The van der Waals surface area contributed by atoms with Gasteiger partial charge in [-0.05, 0) is 43.5 Å². The summed E-state index contributed by atoms with van der Waals surface area (Å²) in [6.45, 7) is 4.03. The number of aromatic nitrogens is 2. The second-order valence-corrected chi connectivity index (χ2v) is 7.73. The second-order valence-electron chi connectivity index (χ2n) is 7.73. The molecule has 2 aromatic rings. The second kappa shape index (κ2) is 7.72. The number of hydrogen-bond acceptors (Lipinski definition) is 3. The summed E-state index contributed by atoms with van der Waals surface area (Å²) in [6.07, 6.45) is 9.49. The molecule has 1 saturated heterocycles. The molecule has 0 radical (unpaired) electrons. The molecular weight excluding hydrogens is 340 g/mol. The zero-order chi connectivity index (χ0) is 18.7. The van der Waals surface area contributed by atoms with Crippen LogP contribution < -0.4 is 5.32 Å². The minimum Gasteiger partial charge on any atom is -0.371 e. The number of morpholine rings is 1. The van der Waals surface area contributed by atoms with Crippen LogP contribution in [0.3, 0.4) is 0 Å². The number of urea groups is 1. The van der Waals surface area contributed by atoms with Gasteiger partial charge in [0.25, 0.3) is 0 Å². The van der Waals surface area contributed by atoms with Crippen molar-refractivity contribution < 1.29 is 9.53 Å². The topological polar surface area (TPSA) is 59.4 Å². The summed E-state index contributed by atoms with van der Waals surface area (Å²) < 4.78 is 7.93. The van der Waals surface area contributed by atoms with Crippen molar-refractivity contribution in [1.29, 1.82) is 0 Å². The largest absolute Gasteiger partial charge is 0.371 e. The summed E-state index contributed by atoms with van der Waals surface area (Å²) in [5.41, 5.74) is 1.94. The lowest BCUT2D eigenvalue weighted by Gasteiger charge is -2.45. The Balaban J connectivity index is 1.41. The Morgan fingerprint density at radius 1 is 1.26 bits per heavy atom. The maximum absolute atomic E-state index is 12.9. The van der Waals surface area contributed by atoms with E-state index in [4.69, 9.17) is 4.74 Å². The zero-order valence-corrected chi connectivity index (χ0v) is 15.9. The van der Waals surface area contributed by atoms with Gasteiger partial charge in [0.1, 0.15) is 0 Å². The fourth-order valence-corrected chi connectivity index (χ4v) is 4.23. The van der Waals surface area contributed by atoms with Gasteiger partial charge in [0.2, 0.25) is 0 Å². The van der Waals surface area contributed by atoms with Gasteiger partial charge in [0, 0.05) is 18.9 Å². The van der Waals surface area contributed by atoms with Crippen molar-refractivity contribution in [3.05, 3.63) is 48.3 Å². The summed E-state index contributed by atoms with van der Waals surface area (Å²) in [4.78, 5) is 14.8. The van der Waals surface area contributed by atoms with Crippen LogP contribution in [-0.2, 0) is 4.74 Å². The molecule has 1 aliphatic heterocycles. The Labute approximate surface area is 160 Å². The zero-order valence-electron chi connectivity index (χ0n) is 15.9. The lowest BCUT2D eigenvalue weighted by molar-refractivity contribution is -0.116. The van der Waals surface area contributed by atoms with E-state index in [0.717, 1.165) is 24.1 Å². The lowest BCUT2D eigenvalue weighted by atomic mass is 9.83. The van der Waals surface area contributed by atoms with Crippen molar-refractivity contribution >= 4 is 6.03 Å². The maximum atomic E-state index is 12.9. The van der Waals surface area contributed by atoms with Crippen LogP contribution in [0.2, 0.25) is 0 Å². The first-order chi connectivity index (χ1) is 13.2. The van der Waals surface area contributed by atoms with Gasteiger partial charge in [-0.2, -0.15) is 5.10 Å². The molecule has 144 valence electrons. The number of ether oxygens (including phenoxy) is 1. The normalized spacial score (nSPS) is 20.4. The van der Waals surface area contributed by atoms with E-state index in [1.165, 1.54) is 19.3 Å². The third-order valence-electron chi connectivity index (χ3n) is 5.78. The highest BCUT2D eigenvalue weighted by molar-refractivity contribution is 5.75. The highest BCUT2D eigenvalue weighted by Crippen LogP contribution is 2.34. The van der Waals surface area contributed by atoms with E-state index in [9.17, 15) is 4.79 Å². The first-order valence-electron chi connectivity index (χ1n) is 9.95. The van der Waals surface area contributed by atoms with Crippen molar-refractivity contribution in [2.75, 3.05) is 19.7 Å². The van der Waals surface area contributed by atoms with E-state index in [2.05, 4.69) is 16.5 Å². The van der Waals surface area contributed by atoms with Crippen LogP contribution in [0.1, 0.15) is 50.6 Å². The molecule has 27 heavy (non-hydrogen) atoms. The number of rotatable bonds is 3. The van der Waals surface area contributed by atoms with Crippen LogP contribution in [0, 0.1) is 0 Å². The number of amides is 2. The standard InChI is InChI=1S/C21H28N4O2/c1-17(18-7-5-8-19(15-18)25-12-6-11-22-25)23-20(26)24-13-14-27-21(16-24)9-3-2-4-10-21/h5-8,11-12,15,17H,2-4,9-10,13-14,16H2,1H3,(H,23,26). The highest BCUT2D eigenvalue weighted by Gasteiger charge is 2.39. The lowest BCUT2D eigenvalue weighted by Crippen LogP contribution is -2.56. The van der Waals surface area contributed by atoms with Crippen molar-refractivity contribution in [3.63, 3.8) is 0 Å². The highest BCUT2D eigenvalue weighted by atomic mass is 16.5. The minimum absolute atomic E-state index is 0.000223. The molecule has 1 unspecified atom stereocenters. The molecule has 2 fully saturated rings. The van der Waals surface area contributed by atoms with Crippen LogP contribution >= 0.6 is 0 Å². The predicted octanol–water partition coefficient (Wildman–Crippen LogP) is 3.68. The number of nitrogens with zero attached hydrogens (tertiary/aromatic N) is 3. The van der Waals surface area contributed by atoms with Crippen LogP contribution in [-0.4, -0.2) is 46.0 Å². The van der Waals surface area contributed by atoms with E-state index < -0.39 is 0 Å². The monoisotopic (exact) mass is 368 g/mol. The molecule has 2 amide bonds. The molecule has 2 aliphatic rings. The van der Waals surface area contributed by atoms with Gasteiger partial charge in [0.05, 0.1) is 30.5 Å². The minimum atomic E-state index is -0.114. The molecule has 1 aliphatic carbocycles. The van der Waals surface area contributed by atoms with E-state index in [1.807, 2.05) is 47.0 Å². The summed E-state index contributed by atoms with van der Waals surface area (Å²) >= 11 is 0. The van der Waals surface area contributed by atoms with E-state index in [-0.39, 0.29) is 17.7 Å². The quantitative estimate of drug-likeness (QED) is 0.899. The molecule has 1 N–H and O–H groups in total. The van der Waals surface area contributed by atoms with Crippen molar-refractivity contribution in [3.8, 4) is 5.69 Å². The number of benzene rings is 1. The fraction of sp³-hybridized carbons (Fsp3) is 0.524. The number of carbonyl (C=O) groups excluding carboxylic acids is 1. The molecule has 1 atom stereocenters. The molecule has 0 bridgehead atoms. The Morgan fingerprint density at radius 3 is 2.89 bits per heavy atom. The molecule has 6 nitrogen and oxygen atoms in total. The van der Waals surface area contributed by atoms with Crippen molar-refractivity contribution in [2.24, 2.45) is 0 Å². The number of carbonyl (C=O) groups is 1. The van der Waals surface area contributed by atoms with E-state index in [0.29, 0.717) is 19.7 Å². The number of nitrogens with one attached hydrogen (secondary N) is 1. The van der Waals surface area contributed by atoms with Gasteiger partial charge in [-0.15, -0.1) is 0 Å². The Hall–Kier alpha value is -2.34. The summed E-state index contributed by atoms with van der Waals surface area (Å²) in [6, 6.07) is 9.95. The van der Waals surface area contributed by atoms with Gasteiger partial charge in [0.15, 0.2) is 0 Å². The molecule has 4 rings (SSSR count). The van der Waals surface area contributed by atoms with Crippen LogP contribution in [0.4, 0.5) is 4.79 Å². The average molecular weight is 368 g/mol. The van der Waals surface area contributed by atoms with Gasteiger partial charge in [-0.3, -0.25) is 0 Å². The first-order valence-corrected chi connectivity index (χ1v) is 9.95. The first kappa shape index (κ1) is 18.0. The maximum Gasteiger partial charge on any atom is 0.318 e. The molecule has 1 aromatic heterocycles. The molecule has 2 heterocycles. The SMILES string of the molecule is CC(NC(=O)N1CCOC2(CCCCC2)C1)c1cccc(-n2cccn2)c1. The molecule has 1 spiro atoms.